The van der Waals surface area contributed by atoms with Gasteiger partial charge in [-0.25, -0.2) is 0 Å². The first-order valence-electron chi connectivity index (χ1n) is 9.18. The van der Waals surface area contributed by atoms with Crippen LogP contribution < -0.4 is 15.0 Å². The zero-order valence-electron chi connectivity index (χ0n) is 16.1. The van der Waals surface area contributed by atoms with Crippen molar-refractivity contribution in [2.75, 3.05) is 17.3 Å². The number of rotatable bonds is 4. The second kappa shape index (κ2) is 7.64. The number of hydrogen-bond donors (Lipinski definition) is 1. The molecule has 3 aromatic carbocycles. The highest BCUT2D eigenvalue weighted by Gasteiger charge is 2.48. The van der Waals surface area contributed by atoms with Crippen LogP contribution in [0.25, 0.3) is 0 Å². The SMILES string of the molecule is CN1C(=O)C(C)(C(=O)Nc2ccc(Oc3ccccc3)cc2)Sc2ccccc21. The number of hydrogen-bond acceptors (Lipinski definition) is 4. The Morgan fingerprint density at radius 1 is 0.931 bits per heavy atom. The molecular formula is C23H20N2O3S. The summed E-state index contributed by atoms with van der Waals surface area (Å²) in [6, 6.07) is 24.1. The maximum absolute atomic E-state index is 13.0. The van der Waals surface area contributed by atoms with E-state index in [0.717, 1.165) is 16.3 Å². The molecule has 1 heterocycles. The minimum absolute atomic E-state index is 0.247. The highest BCUT2D eigenvalue weighted by Crippen LogP contribution is 2.45. The summed E-state index contributed by atoms with van der Waals surface area (Å²) in [6.07, 6.45) is 0. The van der Waals surface area contributed by atoms with E-state index in [1.165, 1.54) is 11.8 Å². The summed E-state index contributed by atoms with van der Waals surface area (Å²) >= 11 is 1.28. The second-order valence-electron chi connectivity index (χ2n) is 6.86. The van der Waals surface area contributed by atoms with Crippen LogP contribution in [0.5, 0.6) is 11.5 Å². The monoisotopic (exact) mass is 404 g/mol. The highest BCUT2D eigenvalue weighted by molar-refractivity contribution is 8.02. The number of carbonyl (C=O) groups is 2. The quantitative estimate of drug-likeness (QED) is 0.626. The molecule has 4 rings (SSSR count). The molecule has 1 aliphatic heterocycles. The van der Waals surface area contributed by atoms with Gasteiger partial charge >= 0.3 is 0 Å². The summed E-state index contributed by atoms with van der Waals surface area (Å²) < 4.78 is 4.52. The van der Waals surface area contributed by atoms with Crippen LogP contribution in [-0.4, -0.2) is 23.6 Å². The number of nitrogens with one attached hydrogen (secondary N) is 1. The van der Waals surface area contributed by atoms with Crippen molar-refractivity contribution in [1.29, 1.82) is 0 Å². The highest BCUT2D eigenvalue weighted by atomic mass is 32.2. The molecule has 0 fully saturated rings. The number of thioether (sulfide) groups is 1. The minimum atomic E-state index is -1.25. The second-order valence-corrected chi connectivity index (χ2v) is 8.32. The van der Waals surface area contributed by atoms with Gasteiger partial charge in [-0.05, 0) is 55.5 Å². The number of anilines is 2. The van der Waals surface area contributed by atoms with Crippen LogP contribution in [0.1, 0.15) is 6.92 Å². The number of nitrogens with zero attached hydrogens (tertiary/aromatic N) is 1. The summed E-state index contributed by atoms with van der Waals surface area (Å²) in [7, 11) is 1.70. The number of fused-ring (bicyclic) bond motifs is 1. The van der Waals surface area contributed by atoms with E-state index < -0.39 is 4.75 Å². The largest absolute Gasteiger partial charge is 0.457 e. The molecule has 3 aromatic rings. The fourth-order valence-electron chi connectivity index (χ4n) is 3.14. The molecule has 6 heteroatoms. The van der Waals surface area contributed by atoms with Gasteiger partial charge in [0.05, 0.1) is 5.69 Å². The van der Waals surface area contributed by atoms with E-state index in [9.17, 15) is 9.59 Å². The number of para-hydroxylation sites is 2. The molecular weight excluding hydrogens is 384 g/mol. The molecule has 5 nitrogen and oxygen atoms in total. The maximum Gasteiger partial charge on any atom is 0.252 e. The van der Waals surface area contributed by atoms with E-state index in [0.29, 0.717) is 11.4 Å². The summed E-state index contributed by atoms with van der Waals surface area (Å²) in [5, 5.41) is 2.86. The predicted octanol–water partition coefficient (Wildman–Crippen LogP) is 4.94. The average molecular weight is 404 g/mol. The number of carbonyl (C=O) groups excluding carboxylic acids is 2. The lowest BCUT2D eigenvalue weighted by atomic mass is 10.1. The Bertz CT molecular complexity index is 1050. The Morgan fingerprint density at radius 2 is 1.55 bits per heavy atom. The molecule has 0 bridgehead atoms. The Kier molecular flexibility index (Phi) is 5.03. The van der Waals surface area contributed by atoms with E-state index in [4.69, 9.17) is 4.74 Å². The molecule has 1 atom stereocenters. The van der Waals surface area contributed by atoms with Crippen molar-refractivity contribution in [3.05, 3.63) is 78.9 Å². The Hall–Kier alpha value is -3.25. The summed E-state index contributed by atoms with van der Waals surface area (Å²) in [5.41, 5.74) is 1.42. The van der Waals surface area contributed by atoms with Crippen molar-refractivity contribution in [3.63, 3.8) is 0 Å². The molecule has 0 spiro atoms. The third kappa shape index (κ3) is 3.71. The zero-order chi connectivity index (χ0) is 20.4. The average Bonchev–Trinajstić information content (AvgIpc) is 2.74. The van der Waals surface area contributed by atoms with Gasteiger partial charge in [0.1, 0.15) is 11.5 Å². The smallest absolute Gasteiger partial charge is 0.252 e. The molecule has 146 valence electrons. The first-order chi connectivity index (χ1) is 14.0. The van der Waals surface area contributed by atoms with Crippen LogP contribution in [0.2, 0.25) is 0 Å². The Balaban J connectivity index is 1.49. The van der Waals surface area contributed by atoms with Gasteiger partial charge in [-0.15, -0.1) is 0 Å². The molecule has 1 aliphatic rings. The van der Waals surface area contributed by atoms with Crippen molar-refractivity contribution in [1.82, 2.24) is 0 Å². The molecule has 29 heavy (non-hydrogen) atoms. The van der Waals surface area contributed by atoms with Crippen molar-refractivity contribution in [3.8, 4) is 11.5 Å². The van der Waals surface area contributed by atoms with Gasteiger partial charge < -0.3 is 15.0 Å². The number of ether oxygens (including phenoxy) is 1. The van der Waals surface area contributed by atoms with Gasteiger partial charge in [-0.1, -0.05) is 42.1 Å². The first kappa shape index (κ1) is 19.1. The van der Waals surface area contributed by atoms with Gasteiger partial charge in [0.25, 0.3) is 5.91 Å². The van der Waals surface area contributed by atoms with Crippen LogP contribution in [-0.2, 0) is 9.59 Å². The minimum Gasteiger partial charge on any atom is -0.457 e. The van der Waals surface area contributed by atoms with Gasteiger partial charge in [0.15, 0.2) is 4.75 Å². The molecule has 0 saturated heterocycles. The topological polar surface area (TPSA) is 58.6 Å². The van der Waals surface area contributed by atoms with Gasteiger partial charge in [-0.3, -0.25) is 9.59 Å². The molecule has 1 N–H and O–H groups in total. The normalized spacial score (nSPS) is 18.1. The van der Waals surface area contributed by atoms with E-state index >= 15 is 0 Å². The van der Waals surface area contributed by atoms with E-state index in [-0.39, 0.29) is 11.8 Å². The molecule has 0 aliphatic carbocycles. The third-order valence-corrected chi connectivity index (χ3v) is 6.11. The van der Waals surface area contributed by atoms with Crippen LogP contribution >= 0.6 is 11.8 Å². The fourth-order valence-corrected chi connectivity index (χ4v) is 4.40. The van der Waals surface area contributed by atoms with E-state index in [2.05, 4.69) is 5.32 Å². The van der Waals surface area contributed by atoms with Gasteiger partial charge in [-0.2, -0.15) is 0 Å². The van der Waals surface area contributed by atoms with Crippen LogP contribution in [0.15, 0.2) is 83.8 Å². The first-order valence-corrected chi connectivity index (χ1v) is 10.00. The van der Waals surface area contributed by atoms with Crippen molar-refractivity contribution in [2.24, 2.45) is 0 Å². The van der Waals surface area contributed by atoms with Crippen LogP contribution in [0.3, 0.4) is 0 Å². The van der Waals surface area contributed by atoms with E-state index in [1.54, 1.807) is 43.1 Å². The molecule has 0 aromatic heterocycles. The summed E-state index contributed by atoms with van der Waals surface area (Å²) in [6.45, 7) is 1.66. The Labute approximate surface area is 173 Å². The Morgan fingerprint density at radius 3 is 2.28 bits per heavy atom. The van der Waals surface area contributed by atoms with Gasteiger partial charge in [0.2, 0.25) is 5.91 Å². The number of amides is 2. The van der Waals surface area contributed by atoms with E-state index in [1.807, 2.05) is 54.6 Å². The van der Waals surface area contributed by atoms with Gasteiger partial charge in [0, 0.05) is 17.6 Å². The fraction of sp³-hybridized carbons (Fsp3) is 0.130. The number of benzene rings is 3. The molecule has 0 saturated carbocycles. The van der Waals surface area contributed by atoms with Crippen molar-refractivity contribution in [2.45, 2.75) is 16.6 Å². The lowest BCUT2D eigenvalue weighted by molar-refractivity contribution is -0.128. The lowest BCUT2D eigenvalue weighted by Crippen LogP contribution is -2.53. The van der Waals surface area contributed by atoms with Crippen molar-refractivity contribution < 1.29 is 14.3 Å². The lowest BCUT2D eigenvalue weighted by Gasteiger charge is -2.36. The van der Waals surface area contributed by atoms with Crippen LogP contribution in [0.4, 0.5) is 11.4 Å². The molecule has 0 radical (unpaired) electrons. The van der Waals surface area contributed by atoms with Crippen molar-refractivity contribution >= 4 is 35.0 Å². The molecule has 2 amide bonds. The predicted molar refractivity (Wildman–Crippen MR) is 116 cm³/mol. The zero-order valence-corrected chi connectivity index (χ0v) is 16.9. The molecule has 1 unspecified atom stereocenters. The summed E-state index contributed by atoms with van der Waals surface area (Å²) in [5.74, 6) is 0.799. The maximum atomic E-state index is 13.0. The third-order valence-electron chi connectivity index (χ3n) is 4.78. The summed E-state index contributed by atoms with van der Waals surface area (Å²) in [4.78, 5) is 28.4. The standard InChI is InChI=1S/C23H20N2O3S/c1-23(22(27)25(2)19-10-6-7-11-20(19)29-23)21(26)24-16-12-14-18(15-13-16)28-17-8-4-3-5-9-17/h3-15H,1-2H3,(H,24,26). The van der Waals surface area contributed by atoms with Crippen LogP contribution in [0, 0.1) is 0 Å².